The first-order valence-corrected chi connectivity index (χ1v) is 8.42. The number of carbonyl (C=O) groups excluding carboxylic acids is 2. The Morgan fingerprint density at radius 2 is 2.04 bits per heavy atom. The van der Waals surface area contributed by atoms with Crippen LogP contribution in [0.2, 0.25) is 5.02 Å². The number of halogens is 1. The average molecular weight is 375 g/mol. The van der Waals surface area contributed by atoms with Crippen LogP contribution in [0.25, 0.3) is 0 Å². The van der Waals surface area contributed by atoms with E-state index in [1.807, 2.05) is 30.3 Å². The number of nitrogens with two attached hydrogens (primary N) is 1. The monoisotopic (exact) mass is 374 g/mol. The van der Waals surface area contributed by atoms with Gasteiger partial charge < -0.3 is 15.4 Å². The van der Waals surface area contributed by atoms with Crippen molar-refractivity contribution in [2.45, 2.75) is 18.1 Å². The Bertz CT molecular complexity index is 800. The van der Waals surface area contributed by atoms with Gasteiger partial charge in [0.1, 0.15) is 17.5 Å². The molecular formula is C18H19ClN4O3. The summed E-state index contributed by atoms with van der Waals surface area (Å²) >= 11 is 5.80. The van der Waals surface area contributed by atoms with Gasteiger partial charge in [0.05, 0.1) is 11.6 Å². The molecular weight excluding hydrogens is 356 g/mol. The molecule has 1 fully saturated rings. The number of rotatable bonds is 4. The third-order valence-corrected chi connectivity index (χ3v) is 4.79. The fourth-order valence-corrected chi connectivity index (χ4v) is 3.30. The van der Waals surface area contributed by atoms with Gasteiger partial charge in [0.2, 0.25) is 5.91 Å². The van der Waals surface area contributed by atoms with Crippen molar-refractivity contribution in [3.05, 3.63) is 59.2 Å². The molecule has 0 radical (unpaired) electrons. The van der Waals surface area contributed by atoms with Crippen molar-refractivity contribution in [2.75, 3.05) is 19.0 Å². The highest BCUT2D eigenvalue weighted by Gasteiger charge is 2.49. The first-order chi connectivity index (χ1) is 12.4. The number of methoxy groups -OCH3 is 1. The standard InChI is InChI=1S/C18H19ClN4O3/c1-26-18(12-5-3-2-4-6-12)9-14(16(20)24)23(11-18)17(25)22-15-8-7-13(19)10-21-15/h2-8,10,14H,9,11H2,1H3,(H2,20,24)(H,21,22,25). The van der Waals surface area contributed by atoms with E-state index in [-0.39, 0.29) is 13.0 Å². The summed E-state index contributed by atoms with van der Waals surface area (Å²) in [5, 5.41) is 3.12. The molecule has 1 saturated heterocycles. The van der Waals surface area contributed by atoms with E-state index in [1.165, 1.54) is 11.1 Å². The molecule has 0 aliphatic carbocycles. The summed E-state index contributed by atoms with van der Waals surface area (Å²) < 4.78 is 5.75. The Labute approximate surface area is 156 Å². The highest BCUT2D eigenvalue weighted by atomic mass is 35.5. The minimum Gasteiger partial charge on any atom is -0.372 e. The van der Waals surface area contributed by atoms with Crippen molar-refractivity contribution in [1.82, 2.24) is 9.88 Å². The Hall–Kier alpha value is -2.64. The van der Waals surface area contributed by atoms with Crippen LogP contribution in [-0.2, 0) is 15.1 Å². The maximum atomic E-state index is 12.7. The number of likely N-dealkylation sites (tertiary alicyclic amines) is 1. The van der Waals surface area contributed by atoms with E-state index in [0.717, 1.165) is 5.56 Å². The number of hydrogen-bond acceptors (Lipinski definition) is 4. The van der Waals surface area contributed by atoms with Crippen LogP contribution in [0.15, 0.2) is 48.7 Å². The molecule has 1 aliphatic rings. The van der Waals surface area contributed by atoms with Gasteiger partial charge in [-0.25, -0.2) is 9.78 Å². The number of carbonyl (C=O) groups is 2. The summed E-state index contributed by atoms with van der Waals surface area (Å²) in [6, 6.07) is 11.4. The third-order valence-electron chi connectivity index (χ3n) is 4.57. The topological polar surface area (TPSA) is 97.5 Å². The fourth-order valence-electron chi connectivity index (χ4n) is 3.19. The second-order valence-electron chi connectivity index (χ2n) is 6.11. The van der Waals surface area contributed by atoms with Gasteiger partial charge in [0.15, 0.2) is 0 Å². The second-order valence-corrected chi connectivity index (χ2v) is 6.54. The van der Waals surface area contributed by atoms with Crippen molar-refractivity contribution in [3.63, 3.8) is 0 Å². The van der Waals surface area contributed by atoms with Crippen LogP contribution in [0.3, 0.4) is 0 Å². The van der Waals surface area contributed by atoms with Gasteiger partial charge in [-0.2, -0.15) is 0 Å². The van der Waals surface area contributed by atoms with Crippen molar-refractivity contribution >= 4 is 29.4 Å². The predicted octanol–water partition coefficient (Wildman–Crippen LogP) is 2.37. The van der Waals surface area contributed by atoms with Crippen LogP contribution in [0, 0.1) is 0 Å². The zero-order valence-corrected chi connectivity index (χ0v) is 14.9. The molecule has 3 N–H and O–H groups in total. The number of urea groups is 1. The van der Waals surface area contributed by atoms with Crippen LogP contribution in [-0.4, -0.2) is 41.5 Å². The lowest BCUT2D eigenvalue weighted by atomic mass is 9.91. The van der Waals surface area contributed by atoms with E-state index in [4.69, 9.17) is 22.1 Å². The molecule has 1 aromatic heterocycles. The molecule has 2 heterocycles. The maximum Gasteiger partial charge on any atom is 0.323 e. The van der Waals surface area contributed by atoms with Gasteiger partial charge in [-0.15, -0.1) is 0 Å². The molecule has 7 nitrogen and oxygen atoms in total. The van der Waals surface area contributed by atoms with Crippen molar-refractivity contribution in [3.8, 4) is 0 Å². The molecule has 2 aromatic rings. The van der Waals surface area contributed by atoms with Gasteiger partial charge in [-0.3, -0.25) is 10.1 Å². The highest BCUT2D eigenvalue weighted by molar-refractivity contribution is 6.30. The second kappa shape index (κ2) is 7.31. The SMILES string of the molecule is COC1(c2ccccc2)CC(C(N)=O)N(C(=O)Nc2ccc(Cl)cn2)C1. The predicted molar refractivity (Wildman–Crippen MR) is 97.7 cm³/mol. The quantitative estimate of drug-likeness (QED) is 0.858. The molecule has 3 rings (SSSR count). The van der Waals surface area contributed by atoms with Crippen molar-refractivity contribution in [1.29, 1.82) is 0 Å². The number of hydrogen-bond donors (Lipinski definition) is 2. The minimum atomic E-state index is -0.800. The lowest BCUT2D eigenvalue weighted by molar-refractivity contribution is -0.121. The summed E-state index contributed by atoms with van der Waals surface area (Å²) in [4.78, 5) is 30.1. The molecule has 8 heteroatoms. The number of anilines is 1. The summed E-state index contributed by atoms with van der Waals surface area (Å²) in [6.45, 7) is 0.195. The summed E-state index contributed by atoms with van der Waals surface area (Å²) in [5.41, 5.74) is 5.63. The maximum absolute atomic E-state index is 12.7. The minimum absolute atomic E-state index is 0.195. The molecule has 136 valence electrons. The van der Waals surface area contributed by atoms with E-state index in [9.17, 15) is 9.59 Å². The van der Waals surface area contributed by atoms with Crippen LogP contribution >= 0.6 is 11.6 Å². The van der Waals surface area contributed by atoms with E-state index in [2.05, 4.69) is 10.3 Å². The average Bonchev–Trinajstić information content (AvgIpc) is 3.06. The summed E-state index contributed by atoms with van der Waals surface area (Å²) in [5.74, 6) is -0.253. The Kier molecular flexibility index (Phi) is 5.11. The Balaban J connectivity index is 1.86. The number of ether oxygens (including phenoxy) is 1. The lowest BCUT2D eigenvalue weighted by Gasteiger charge is -2.28. The van der Waals surface area contributed by atoms with E-state index < -0.39 is 23.6 Å². The lowest BCUT2D eigenvalue weighted by Crippen LogP contribution is -2.46. The van der Waals surface area contributed by atoms with Gasteiger partial charge in [-0.05, 0) is 17.7 Å². The number of benzene rings is 1. The zero-order chi connectivity index (χ0) is 18.7. The molecule has 2 atom stereocenters. The largest absolute Gasteiger partial charge is 0.372 e. The molecule has 3 amide bonds. The molecule has 0 bridgehead atoms. The van der Waals surface area contributed by atoms with Crippen LogP contribution in [0.4, 0.5) is 10.6 Å². The number of nitrogens with one attached hydrogen (secondary N) is 1. The van der Waals surface area contributed by atoms with Crippen molar-refractivity contribution in [2.24, 2.45) is 5.73 Å². The van der Waals surface area contributed by atoms with Gasteiger partial charge in [0, 0.05) is 19.7 Å². The summed E-state index contributed by atoms with van der Waals surface area (Å²) in [7, 11) is 1.56. The number of aromatic nitrogens is 1. The molecule has 2 unspecified atom stereocenters. The zero-order valence-electron chi connectivity index (χ0n) is 14.2. The van der Waals surface area contributed by atoms with E-state index in [1.54, 1.807) is 19.2 Å². The van der Waals surface area contributed by atoms with Crippen LogP contribution < -0.4 is 11.1 Å². The van der Waals surface area contributed by atoms with Crippen LogP contribution in [0.1, 0.15) is 12.0 Å². The number of amides is 3. The first-order valence-electron chi connectivity index (χ1n) is 8.04. The normalized spacial score (nSPS) is 22.2. The van der Waals surface area contributed by atoms with Gasteiger partial charge in [0.25, 0.3) is 0 Å². The smallest absolute Gasteiger partial charge is 0.323 e. The number of pyridine rings is 1. The molecule has 26 heavy (non-hydrogen) atoms. The Morgan fingerprint density at radius 3 is 2.62 bits per heavy atom. The third kappa shape index (κ3) is 3.49. The molecule has 1 aromatic carbocycles. The molecule has 1 aliphatic heterocycles. The van der Waals surface area contributed by atoms with E-state index in [0.29, 0.717) is 10.8 Å². The van der Waals surface area contributed by atoms with E-state index >= 15 is 0 Å². The number of primary amides is 1. The molecule has 0 saturated carbocycles. The molecule has 0 spiro atoms. The van der Waals surface area contributed by atoms with Gasteiger partial charge in [-0.1, -0.05) is 41.9 Å². The highest BCUT2D eigenvalue weighted by Crippen LogP contribution is 2.39. The Morgan fingerprint density at radius 1 is 1.31 bits per heavy atom. The first kappa shape index (κ1) is 18.2. The van der Waals surface area contributed by atoms with Gasteiger partial charge >= 0.3 is 6.03 Å². The van der Waals surface area contributed by atoms with Crippen molar-refractivity contribution < 1.29 is 14.3 Å². The summed E-state index contributed by atoms with van der Waals surface area (Å²) in [6.07, 6.45) is 1.71. The fraction of sp³-hybridized carbons (Fsp3) is 0.278. The van der Waals surface area contributed by atoms with Crippen LogP contribution in [0.5, 0.6) is 0 Å². The number of nitrogens with zero attached hydrogens (tertiary/aromatic N) is 2.